The largest absolute Gasteiger partial charge is 0.756 e. The highest BCUT2D eigenvalue weighted by molar-refractivity contribution is 7.45. The van der Waals surface area contributed by atoms with Crippen LogP contribution in [-0.4, -0.2) is 69.4 Å². The molecule has 1 amide bonds. The number of nitrogens with one attached hydrogen (secondary N) is 1. The number of quaternary nitrogens is 1. The van der Waals surface area contributed by atoms with E-state index >= 15 is 0 Å². The van der Waals surface area contributed by atoms with Gasteiger partial charge in [0.15, 0.2) is 0 Å². The van der Waals surface area contributed by atoms with Crippen LogP contribution in [0, 0.1) is 0 Å². The maximum Gasteiger partial charge on any atom is 0.306 e. The number of amides is 1. The van der Waals surface area contributed by atoms with Gasteiger partial charge < -0.3 is 28.5 Å². The molecule has 0 aromatic carbocycles. The zero-order chi connectivity index (χ0) is 45.8. The van der Waals surface area contributed by atoms with Crippen LogP contribution in [0.15, 0.2) is 36.5 Å². The molecule has 0 aliphatic heterocycles. The van der Waals surface area contributed by atoms with Crippen molar-refractivity contribution >= 4 is 19.7 Å². The van der Waals surface area contributed by atoms with Gasteiger partial charge in [0.1, 0.15) is 19.3 Å². The van der Waals surface area contributed by atoms with E-state index in [0.29, 0.717) is 17.4 Å². The Kier molecular flexibility index (Phi) is 41.9. The lowest BCUT2D eigenvalue weighted by atomic mass is 10.0. The summed E-state index contributed by atoms with van der Waals surface area (Å²) in [6, 6.07) is -0.885. The number of hydrogen-bond donors (Lipinski definition) is 1. The Morgan fingerprint density at radius 3 is 1.53 bits per heavy atom. The minimum Gasteiger partial charge on any atom is -0.756 e. The highest BCUT2D eigenvalue weighted by atomic mass is 31.2. The van der Waals surface area contributed by atoms with Gasteiger partial charge in [-0.05, 0) is 57.4 Å². The summed E-state index contributed by atoms with van der Waals surface area (Å²) in [5.74, 6) is -0.549. The van der Waals surface area contributed by atoms with Crippen molar-refractivity contribution in [1.82, 2.24) is 5.32 Å². The second kappa shape index (κ2) is 43.1. The number of phosphoric ester groups is 1. The van der Waals surface area contributed by atoms with Crippen molar-refractivity contribution in [3.8, 4) is 0 Å². The topological polar surface area (TPSA) is 114 Å². The van der Waals surface area contributed by atoms with E-state index in [-0.39, 0.29) is 31.5 Å². The van der Waals surface area contributed by atoms with E-state index in [0.717, 1.165) is 83.5 Å². The van der Waals surface area contributed by atoms with Crippen LogP contribution < -0.4 is 10.2 Å². The van der Waals surface area contributed by atoms with Crippen LogP contribution in [0.25, 0.3) is 0 Å². The van der Waals surface area contributed by atoms with Crippen molar-refractivity contribution in [2.75, 3.05) is 40.9 Å². The Labute approximate surface area is 383 Å². The molecule has 62 heavy (non-hydrogen) atoms. The molecule has 3 atom stereocenters. The third-order valence-electron chi connectivity index (χ3n) is 11.3. The van der Waals surface area contributed by atoms with E-state index in [1.807, 2.05) is 33.3 Å². The first kappa shape index (κ1) is 60.2. The fourth-order valence-corrected chi connectivity index (χ4v) is 8.05. The molecule has 0 aromatic heterocycles. The van der Waals surface area contributed by atoms with E-state index < -0.39 is 20.0 Å². The minimum absolute atomic E-state index is 0.0225. The van der Waals surface area contributed by atoms with Gasteiger partial charge in [-0.1, -0.05) is 199 Å². The average Bonchev–Trinajstić information content (AvgIpc) is 3.22. The van der Waals surface area contributed by atoms with Gasteiger partial charge in [-0.3, -0.25) is 14.2 Å². The maximum absolute atomic E-state index is 13.4. The van der Waals surface area contributed by atoms with Crippen LogP contribution in [-0.2, 0) is 27.9 Å². The monoisotopic (exact) mass is 895 g/mol. The molecule has 0 aliphatic carbocycles. The zero-order valence-electron chi connectivity index (χ0n) is 41.3. The van der Waals surface area contributed by atoms with Crippen molar-refractivity contribution in [2.45, 2.75) is 245 Å². The first-order valence-electron chi connectivity index (χ1n) is 25.8. The second-order valence-corrected chi connectivity index (χ2v) is 20.1. The van der Waals surface area contributed by atoms with E-state index in [2.05, 4.69) is 50.4 Å². The van der Waals surface area contributed by atoms with Gasteiger partial charge in [-0.2, -0.15) is 0 Å². The standard InChI is InChI=1S/C52H99N2O7P/c1-7-10-13-16-19-22-25-26-27-30-32-35-38-41-44-51(55)53-49(48-60-62(57,58)59-47-46-54(4,5)6)50(43-40-37-34-31-28-23-20-17-14-11-8-2)61-52(56)45-42-39-36-33-29-24-21-18-15-12-9-3/h10,13,19,22,40,43,49-50H,7-9,11-12,14-18,20-21,23-39,41-42,44-48H2,1-6H3,(H-,53,55,57,58)/b13-10+,22-19+,43-40+. The molecule has 0 saturated carbocycles. The molecule has 3 unspecified atom stereocenters. The van der Waals surface area contributed by atoms with E-state index in [9.17, 15) is 19.0 Å². The highest BCUT2D eigenvalue weighted by Gasteiger charge is 2.27. The van der Waals surface area contributed by atoms with Gasteiger partial charge >= 0.3 is 5.97 Å². The van der Waals surface area contributed by atoms with E-state index in [4.69, 9.17) is 13.8 Å². The molecule has 0 heterocycles. The molecule has 0 aromatic rings. The number of nitrogens with zero attached hydrogens (tertiary/aromatic N) is 1. The van der Waals surface area contributed by atoms with Crippen LogP contribution in [0.2, 0.25) is 0 Å². The molecule has 0 bridgehead atoms. The first-order chi connectivity index (χ1) is 29.9. The normalized spacial score (nSPS) is 14.2. The number of ether oxygens (including phenoxy) is 1. The van der Waals surface area contributed by atoms with E-state index in [1.54, 1.807) is 0 Å². The lowest BCUT2D eigenvalue weighted by Gasteiger charge is -2.30. The molecule has 0 fully saturated rings. The Balaban J connectivity index is 5.41. The van der Waals surface area contributed by atoms with Crippen LogP contribution in [0.1, 0.15) is 233 Å². The zero-order valence-corrected chi connectivity index (χ0v) is 42.2. The summed E-state index contributed by atoms with van der Waals surface area (Å²) < 4.78 is 30.1. The molecule has 0 saturated heterocycles. The Morgan fingerprint density at radius 1 is 0.581 bits per heavy atom. The summed E-state index contributed by atoms with van der Waals surface area (Å²) in [4.78, 5) is 39.6. The second-order valence-electron chi connectivity index (χ2n) is 18.6. The van der Waals surface area contributed by atoms with Gasteiger partial charge in [0, 0.05) is 12.8 Å². The summed E-state index contributed by atoms with van der Waals surface area (Å²) >= 11 is 0. The van der Waals surface area contributed by atoms with Gasteiger partial charge in [-0.15, -0.1) is 0 Å². The third kappa shape index (κ3) is 43.5. The van der Waals surface area contributed by atoms with Gasteiger partial charge in [-0.25, -0.2) is 0 Å². The van der Waals surface area contributed by atoms with Gasteiger partial charge in [0.25, 0.3) is 7.82 Å². The molecular formula is C52H99N2O7P. The Hall–Kier alpha value is -1.77. The van der Waals surface area contributed by atoms with Crippen molar-refractivity contribution in [3.63, 3.8) is 0 Å². The number of hydrogen-bond acceptors (Lipinski definition) is 7. The molecule has 9 nitrogen and oxygen atoms in total. The molecule has 364 valence electrons. The number of allylic oxidation sites excluding steroid dienone is 5. The number of phosphoric acid groups is 1. The van der Waals surface area contributed by atoms with Crippen LogP contribution in [0.3, 0.4) is 0 Å². The number of esters is 1. The molecule has 0 aliphatic rings. The number of carbonyl (C=O) groups excluding carboxylic acids is 2. The van der Waals surface area contributed by atoms with Crippen LogP contribution in [0.4, 0.5) is 0 Å². The molecule has 0 rings (SSSR count). The number of unbranched alkanes of at least 4 members (excludes halogenated alkanes) is 26. The summed E-state index contributed by atoms with van der Waals surface area (Å²) in [5.41, 5.74) is 0. The number of carbonyl (C=O) groups is 2. The summed E-state index contributed by atoms with van der Waals surface area (Å²) in [5, 5.41) is 3.00. The SMILES string of the molecule is CC/C=C/C/C=C/CCCCCCCCCC(=O)NC(COP(=O)([O-])OCC[N+](C)(C)C)C(/C=C/CCCCCCCCCCC)OC(=O)CCCCCCCCCCCCC. The van der Waals surface area contributed by atoms with Crippen molar-refractivity contribution in [3.05, 3.63) is 36.5 Å². The lowest BCUT2D eigenvalue weighted by Crippen LogP contribution is -2.47. The fourth-order valence-electron chi connectivity index (χ4n) is 7.32. The lowest BCUT2D eigenvalue weighted by molar-refractivity contribution is -0.870. The van der Waals surface area contributed by atoms with Crippen LogP contribution in [0.5, 0.6) is 0 Å². The van der Waals surface area contributed by atoms with Crippen LogP contribution >= 0.6 is 7.82 Å². The van der Waals surface area contributed by atoms with E-state index in [1.165, 1.54) is 116 Å². The molecule has 10 heteroatoms. The first-order valence-corrected chi connectivity index (χ1v) is 27.3. The van der Waals surface area contributed by atoms with Crippen molar-refractivity contribution in [1.29, 1.82) is 0 Å². The van der Waals surface area contributed by atoms with Crippen molar-refractivity contribution in [2.24, 2.45) is 0 Å². The third-order valence-corrected chi connectivity index (χ3v) is 12.3. The Morgan fingerprint density at radius 2 is 1.03 bits per heavy atom. The summed E-state index contributed by atoms with van der Waals surface area (Å²) in [7, 11) is 1.18. The number of rotatable bonds is 46. The van der Waals surface area contributed by atoms with Gasteiger partial charge in [0.05, 0.1) is 33.8 Å². The molecule has 0 radical (unpaired) electrons. The smallest absolute Gasteiger partial charge is 0.306 e. The molecule has 1 N–H and O–H groups in total. The van der Waals surface area contributed by atoms with Gasteiger partial charge in [0.2, 0.25) is 5.91 Å². The minimum atomic E-state index is -4.68. The Bertz CT molecular complexity index is 1170. The predicted molar refractivity (Wildman–Crippen MR) is 261 cm³/mol. The quantitative estimate of drug-likeness (QED) is 0.0213. The van der Waals surface area contributed by atoms with Crippen molar-refractivity contribution < 1.29 is 37.3 Å². The summed E-state index contributed by atoms with van der Waals surface area (Å²) in [6.45, 7) is 6.71. The predicted octanol–water partition coefficient (Wildman–Crippen LogP) is 14.2. The molecular weight excluding hydrogens is 796 g/mol. The highest BCUT2D eigenvalue weighted by Crippen LogP contribution is 2.38. The average molecular weight is 895 g/mol. The fraction of sp³-hybridized carbons (Fsp3) is 0.846. The number of likely N-dealkylation sites (N-methyl/N-ethyl adjacent to an activating group) is 1. The summed E-state index contributed by atoms with van der Waals surface area (Å²) in [6.07, 6.45) is 48.2. The maximum atomic E-state index is 13.4. The molecule has 0 spiro atoms.